The van der Waals surface area contributed by atoms with Crippen LogP contribution in [-0.4, -0.2) is 37.4 Å². The fourth-order valence-electron chi connectivity index (χ4n) is 2.55. The normalized spacial score (nSPS) is 10.7. The van der Waals surface area contributed by atoms with Gasteiger partial charge in [0, 0.05) is 11.9 Å². The smallest absolute Gasteiger partial charge is 0.335 e. The van der Waals surface area contributed by atoms with Gasteiger partial charge >= 0.3 is 11.9 Å². The van der Waals surface area contributed by atoms with Crippen LogP contribution < -0.4 is 5.32 Å². The van der Waals surface area contributed by atoms with E-state index in [1.54, 1.807) is 6.92 Å². The van der Waals surface area contributed by atoms with Gasteiger partial charge in [-0.15, -0.1) is 0 Å². The maximum Gasteiger partial charge on any atom is 0.335 e. The van der Waals surface area contributed by atoms with Crippen LogP contribution in [0.5, 0.6) is 0 Å². The van der Waals surface area contributed by atoms with Crippen molar-refractivity contribution in [3.8, 4) is 0 Å². The monoisotopic (exact) mass is 357 g/mol. The van der Waals surface area contributed by atoms with E-state index in [4.69, 9.17) is 10.2 Å². The second-order valence-corrected chi connectivity index (χ2v) is 5.48. The highest BCUT2D eigenvalue weighted by Crippen LogP contribution is 2.19. The number of amides is 1. The number of imidazole rings is 1. The van der Waals surface area contributed by atoms with Gasteiger partial charge in [-0.25, -0.2) is 19.0 Å². The van der Waals surface area contributed by atoms with Crippen molar-refractivity contribution in [3.05, 3.63) is 64.9 Å². The molecule has 1 amide bonds. The molecule has 9 heteroatoms. The summed E-state index contributed by atoms with van der Waals surface area (Å²) in [5.41, 5.74) is 0.151. The molecule has 26 heavy (non-hydrogen) atoms. The second kappa shape index (κ2) is 6.28. The Morgan fingerprint density at radius 2 is 1.69 bits per heavy atom. The van der Waals surface area contributed by atoms with E-state index in [9.17, 15) is 18.8 Å². The lowest BCUT2D eigenvalue weighted by Gasteiger charge is -2.08. The Balaban J connectivity index is 2.03. The lowest BCUT2D eigenvalue weighted by molar-refractivity contribution is 0.0696. The van der Waals surface area contributed by atoms with Crippen LogP contribution in [0.2, 0.25) is 0 Å². The van der Waals surface area contributed by atoms with Crippen LogP contribution in [0.4, 0.5) is 10.1 Å². The van der Waals surface area contributed by atoms with Crippen LogP contribution in [0.1, 0.15) is 36.9 Å². The first kappa shape index (κ1) is 17.1. The number of hydrogen-bond acceptors (Lipinski definition) is 4. The molecule has 0 saturated heterocycles. The van der Waals surface area contributed by atoms with Gasteiger partial charge in [0.15, 0.2) is 0 Å². The van der Waals surface area contributed by atoms with E-state index >= 15 is 0 Å². The third-order valence-corrected chi connectivity index (χ3v) is 3.66. The molecule has 3 rings (SSSR count). The van der Waals surface area contributed by atoms with Gasteiger partial charge in [0.1, 0.15) is 17.2 Å². The molecule has 0 unspecified atom stereocenters. The molecule has 0 aliphatic rings. The molecule has 2 aromatic heterocycles. The van der Waals surface area contributed by atoms with Crippen LogP contribution in [-0.2, 0) is 0 Å². The highest BCUT2D eigenvalue weighted by molar-refractivity contribution is 6.06. The van der Waals surface area contributed by atoms with Crippen LogP contribution in [0, 0.1) is 12.7 Å². The van der Waals surface area contributed by atoms with Crippen molar-refractivity contribution in [2.24, 2.45) is 0 Å². The molecule has 0 bridgehead atoms. The summed E-state index contributed by atoms with van der Waals surface area (Å²) in [6.45, 7) is 1.57. The molecule has 0 saturated carbocycles. The molecule has 2 heterocycles. The second-order valence-electron chi connectivity index (χ2n) is 5.48. The number of hydrogen-bond donors (Lipinski definition) is 3. The minimum Gasteiger partial charge on any atom is -0.478 e. The summed E-state index contributed by atoms with van der Waals surface area (Å²) in [4.78, 5) is 39.0. The predicted molar refractivity (Wildman–Crippen MR) is 88.2 cm³/mol. The maximum atomic E-state index is 13.5. The van der Waals surface area contributed by atoms with E-state index in [1.165, 1.54) is 16.5 Å². The average Bonchev–Trinajstić information content (AvgIpc) is 2.89. The highest BCUT2D eigenvalue weighted by atomic mass is 19.1. The number of carbonyl (C=O) groups is 3. The molecule has 0 aliphatic carbocycles. The van der Waals surface area contributed by atoms with Crippen molar-refractivity contribution in [1.29, 1.82) is 0 Å². The Labute approximate surface area is 145 Å². The minimum absolute atomic E-state index is 0.0157. The number of nitrogens with one attached hydrogen (secondary N) is 1. The topological polar surface area (TPSA) is 121 Å². The molecule has 0 aliphatic heterocycles. The Hall–Kier alpha value is -3.75. The van der Waals surface area contributed by atoms with Crippen molar-refractivity contribution < 1.29 is 29.0 Å². The summed E-state index contributed by atoms with van der Waals surface area (Å²) in [5.74, 6) is -3.92. The Bertz CT molecular complexity index is 1040. The number of carbonyl (C=O) groups excluding carboxylic acids is 1. The molecular formula is C17H12FN3O5. The summed E-state index contributed by atoms with van der Waals surface area (Å²) in [5, 5.41) is 20.6. The molecule has 0 radical (unpaired) electrons. The maximum absolute atomic E-state index is 13.5. The number of carboxylic acid groups (broad SMARTS) is 2. The number of nitrogens with zero attached hydrogens (tertiary/aromatic N) is 2. The van der Waals surface area contributed by atoms with Gasteiger partial charge in [-0.05, 0) is 37.3 Å². The molecule has 0 atom stereocenters. The van der Waals surface area contributed by atoms with Crippen molar-refractivity contribution in [3.63, 3.8) is 0 Å². The molecule has 132 valence electrons. The first-order valence-corrected chi connectivity index (χ1v) is 7.33. The number of aromatic carboxylic acids is 2. The number of carboxylic acids is 2. The quantitative estimate of drug-likeness (QED) is 0.659. The van der Waals surface area contributed by atoms with E-state index in [1.807, 2.05) is 0 Å². The van der Waals surface area contributed by atoms with Crippen molar-refractivity contribution in [1.82, 2.24) is 9.38 Å². The van der Waals surface area contributed by atoms with Crippen LogP contribution in [0.3, 0.4) is 0 Å². The SMILES string of the molecule is Cc1nc2ccc(F)cn2c1C(=O)Nc1cc(C(=O)O)cc(C(=O)O)c1. The molecule has 8 nitrogen and oxygen atoms in total. The van der Waals surface area contributed by atoms with E-state index in [2.05, 4.69) is 10.3 Å². The number of benzene rings is 1. The number of fused-ring (bicyclic) bond motifs is 1. The van der Waals surface area contributed by atoms with Gasteiger partial charge in [-0.1, -0.05) is 0 Å². The van der Waals surface area contributed by atoms with Gasteiger partial charge < -0.3 is 15.5 Å². The zero-order chi connectivity index (χ0) is 19.0. The van der Waals surface area contributed by atoms with E-state index < -0.39 is 23.7 Å². The molecule has 0 spiro atoms. The summed E-state index contributed by atoms with van der Waals surface area (Å²) in [7, 11) is 0. The molecule has 3 N–H and O–H groups in total. The van der Waals surface area contributed by atoms with E-state index in [-0.39, 0.29) is 22.5 Å². The Kier molecular flexibility index (Phi) is 4.13. The van der Waals surface area contributed by atoms with Crippen LogP contribution in [0.25, 0.3) is 5.65 Å². The highest BCUT2D eigenvalue weighted by Gasteiger charge is 2.19. The van der Waals surface area contributed by atoms with E-state index in [0.717, 1.165) is 24.4 Å². The largest absolute Gasteiger partial charge is 0.478 e. The predicted octanol–water partition coefficient (Wildman–Crippen LogP) is 2.43. The minimum atomic E-state index is -1.34. The molecular weight excluding hydrogens is 345 g/mol. The van der Waals surface area contributed by atoms with Gasteiger partial charge in [0.25, 0.3) is 5.91 Å². The zero-order valence-electron chi connectivity index (χ0n) is 13.4. The number of halogens is 1. The Morgan fingerprint density at radius 3 is 2.27 bits per heavy atom. The summed E-state index contributed by atoms with van der Waals surface area (Å²) >= 11 is 0. The number of anilines is 1. The Morgan fingerprint density at radius 1 is 1.08 bits per heavy atom. The number of aryl methyl sites for hydroxylation is 1. The fraction of sp³-hybridized carbons (Fsp3) is 0.0588. The van der Waals surface area contributed by atoms with Gasteiger partial charge in [-0.2, -0.15) is 0 Å². The molecule has 3 aromatic rings. The van der Waals surface area contributed by atoms with Gasteiger partial charge in [-0.3, -0.25) is 9.20 Å². The number of rotatable bonds is 4. The third kappa shape index (κ3) is 3.09. The molecule has 0 fully saturated rings. The first-order chi connectivity index (χ1) is 12.3. The van der Waals surface area contributed by atoms with Crippen molar-refractivity contribution >= 4 is 29.2 Å². The van der Waals surface area contributed by atoms with E-state index in [0.29, 0.717) is 11.3 Å². The number of aromatic nitrogens is 2. The van der Waals surface area contributed by atoms with Gasteiger partial charge in [0.05, 0.1) is 16.8 Å². The summed E-state index contributed by atoms with van der Waals surface area (Å²) in [6, 6.07) is 5.86. The first-order valence-electron chi connectivity index (χ1n) is 7.33. The lowest BCUT2D eigenvalue weighted by Crippen LogP contribution is -2.16. The fourth-order valence-corrected chi connectivity index (χ4v) is 2.55. The van der Waals surface area contributed by atoms with Crippen molar-refractivity contribution in [2.45, 2.75) is 6.92 Å². The lowest BCUT2D eigenvalue weighted by atomic mass is 10.1. The summed E-state index contributed by atoms with van der Waals surface area (Å²) < 4.78 is 14.8. The summed E-state index contributed by atoms with van der Waals surface area (Å²) in [6.07, 6.45) is 1.10. The number of pyridine rings is 1. The standard InChI is InChI=1S/C17H12FN3O5/c1-8-14(21-7-11(18)2-3-13(21)19-8)15(22)20-12-5-9(16(23)24)4-10(6-12)17(25)26/h2-7H,1H3,(H,20,22)(H,23,24)(H,25,26). The average molecular weight is 357 g/mol. The van der Waals surface area contributed by atoms with Gasteiger partial charge in [0.2, 0.25) is 0 Å². The zero-order valence-corrected chi connectivity index (χ0v) is 13.4. The molecule has 1 aromatic carbocycles. The van der Waals surface area contributed by atoms with Crippen molar-refractivity contribution in [2.75, 3.05) is 5.32 Å². The third-order valence-electron chi connectivity index (χ3n) is 3.66. The van der Waals surface area contributed by atoms with Crippen LogP contribution >= 0.6 is 0 Å². The van der Waals surface area contributed by atoms with Crippen LogP contribution in [0.15, 0.2) is 36.5 Å².